The summed E-state index contributed by atoms with van der Waals surface area (Å²) in [6, 6.07) is 1.56. The van der Waals surface area contributed by atoms with Crippen LogP contribution in [-0.4, -0.2) is 39.5 Å². The lowest BCUT2D eigenvalue weighted by atomic mass is 10.6. The summed E-state index contributed by atoms with van der Waals surface area (Å²) in [7, 11) is -0.191. The van der Waals surface area contributed by atoms with Gasteiger partial charge in [0.2, 0.25) is 10.0 Å². The van der Waals surface area contributed by atoms with Crippen molar-refractivity contribution in [1.82, 2.24) is 24.1 Å². The van der Waals surface area contributed by atoms with Gasteiger partial charge >= 0.3 is 0 Å². The molecule has 0 fully saturated rings. The van der Waals surface area contributed by atoms with Crippen LogP contribution >= 0.6 is 0 Å². The number of rotatable bonds is 4. The summed E-state index contributed by atoms with van der Waals surface area (Å²) < 4.78 is 27.2. The van der Waals surface area contributed by atoms with Crippen LogP contribution in [0.4, 0.5) is 0 Å². The van der Waals surface area contributed by atoms with Gasteiger partial charge in [-0.1, -0.05) is 0 Å². The summed E-state index contributed by atoms with van der Waals surface area (Å²) in [5, 5.41) is 6.30. The second-order valence-corrected chi connectivity index (χ2v) is 5.75. The first-order valence-corrected chi connectivity index (χ1v) is 6.36. The van der Waals surface area contributed by atoms with Crippen LogP contribution in [0.5, 0.6) is 0 Å². The molecule has 1 N–H and O–H groups in total. The largest absolute Gasteiger partial charge is 0.356 e. The molecular formula is C9H13N5O2S. The maximum Gasteiger partial charge on any atom is 0.244 e. The van der Waals surface area contributed by atoms with Crippen molar-refractivity contribution in [3.63, 3.8) is 0 Å². The minimum absolute atomic E-state index is 0.164. The molecule has 0 radical (unpaired) electrons. The summed E-state index contributed by atoms with van der Waals surface area (Å²) in [6.45, 7) is 0.164. The van der Waals surface area contributed by atoms with Crippen molar-refractivity contribution in [2.24, 2.45) is 7.05 Å². The highest BCUT2D eigenvalue weighted by atomic mass is 32.2. The molecule has 0 aliphatic heterocycles. The number of aromatic amines is 1. The maximum atomic E-state index is 12.1. The Morgan fingerprint density at radius 2 is 2.29 bits per heavy atom. The molecule has 2 aromatic heterocycles. The van der Waals surface area contributed by atoms with E-state index in [0.717, 1.165) is 0 Å². The fraction of sp³-hybridized carbons (Fsp3) is 0.333. The third-order valence-corrected chi connectivity index (χ3v) is 4.14. The molecule has 8 heteroatoms. The highest BCUT2D eigenvalue weighted by molar-refractivity contribution is 7.89. The summed E-state index contributed by atoms with van der Waals surface area (Å²) in [5.74, 6) is 0.506. The third-order valence-electron chi connectivity index (χ3n) is 2.35. The Balaban J connectivity index is 2.21. The van der Waals surface area contributed by atoms with E-state index in [4.69, 9.17) is 0 Å². The zero-order valence-corrected chi connectivity index (χ0v) is 10.3. The fourth-order valence-electron chi connectivity index (χ4n) is 1.41. The average Bonchev–Trinajstić information content (AvgIpc) is 2.89. The molecule has 0 spiro atoms. The Morgan fingerprint density at radius 1 is 1.53 bits per heavy atom. The normalized spacial score (nSPS) is 12.2. The Morgan fingerprint density at radius 3 is 2.82 bits per heavy atom. The first kappa shape index (κ1) is 11.8. The van der Waals surface area contributed by atoms with Crippen LogP contribution in [-0.2, 0) is 23.6 Å². The monoisotopic (exact) mass is 255 g/mol. The SMILES string of the molecule is CN(Cc1ncn[nH]1)S(=O)(=O)c1ccn(C)c1. The quantitative estimate of drug-likeness (QED) is 0.831. The molecule has 2 rings (SSSR count). The predicted molar refractivity (Wildman–Crippen MR) is 60.4 cm³/mol. The Bertz CT molecular complexity index is 587. The molecule has 17 heavy (non-hydrogen) atoms. The van der Waals surface area contributed by atoms with Gasteiger partial charge in [-0.2, -0.15) is 9.40 Å². The number of hydrogen-bond acceptors (Lipinski definition) is 4. The Hall–Kier alpha value is -1.67. The second kappa shape index (κ2) is 4.30. The highest BCUT2D eigenvalue weighted by Gasteiger charge is 2.22. The minimum Gasteiger partial charge on any atom is -0.356 e. The van der Waals surface area contributed by atoms with Crippen LogP contribution in [0.25, 0.3) is 0 Å². The lowest BCUT2D eigenvalue weighted by molar-refractivity contribution is 0.457. The molecule has 2 heterocycles. The first-order chi connectivity index (χ1) is 8.00. The van der Waals surface area contributed by atoms with Crippen LogP contribution in [0, 0.1) is 0 Å². The molecule has 0 atom stereocenters. The van der Waals surface area contributed by atoms with Crippen molar-refractivity contribution < 1.29 is 8.42 Å². The van der Waals surface area contributed by atoms with Crippen LogP contribution < -0.4 is 0 Å². The molecular weight excluding hydrogens is 242 g/mol. The summed E-state index contributed by atoms with van der Waals surface area (Å²) in [6.07, 6.45) is 4.60. The number of H-pyrrole nitrogens is 1. The Labute approximate surface area is 99.1 Å². The van der Waals surface area contributed by atoms with Gasteiger partial charge in [0.25, 0.3) is 0 Å². The van der Waals surface area contributed by atoms with E-state index in [1.807, 2.05) is 0 Å². The predicted octanol–water partition coefficient (Wildman–Crippen LogP) is -0.0361. The highest BCUT2D eigenvalue weighted by Crippen LogP contribution is 2.15. The van der Waals surface area contributed by atoms with Crippen molar-refractivity contribution >= 4 is 10.0 Å². The van der Waals surface area contributed by atoms with Gasteiger partial charge in [-0.05, 0) is 6.07 Å². The van der Waals surface area contributed by atoms with Crippen LogP contribution in [0.1, 0.15) is 5.82 Å². The van der Waals surface area contributed by atoms with E-state index in [0.29, 0.717) is 5.82 Å². The molecule has 0 aliphatic rings. The molecule has 2 aromatic rings. The van der Waals surface area contributed by atoms with Crippen molar-refractivity contribution in [2.45, 2.75) is 11.4 Å². The van der Waals surface area contributed by atoms with Gasteiger partial charge in [0.15, 0.2) is 0 Å². The Kier molecular flexibility index (Phi) is 2.99. The number of aryl methyl sites for hydroxylation is 1. The lowest BCUT2D eigenvalue weighted by Gasteiger charge is -2.14. The van der Waals surface area contributed by atoms with Gasteiger partial charge in [0.05, 0.1) is 11.4 Å². The maximum absolute atomic E-state index is 12.1. The molecule has 0 amide bonds. The van der Waals surface area contributed by atoms with Crippen LogP contribution in [0.2, 0.25) is 0 Å². The topological polar surface area (TPSA) is 83.9 Å². The first-order valence-electron chi connectivity index (χ1n) is 4.92. The minimum atomic E-state index is -3.47. The van der Waals surface area contributed by atoms with E-state index in [1.165, 1.54) is 17.7 Å². The number of aromatic nitrogens is 4. The van der Waals surface area contributed by atoms with Crippen molar-refractivity contribution in [3.05, 3.63) is 30.6 Å². The van der Waals surface area contributed by atoms with Crippen molar-refractivity contribution in [3.8, 4) is 0 Å². The van der Waals surface area contributed by atoms with Gasteiger partial charge in [-0.15, -0.1) is 0 Å². The number of sulfonamides is 1. The van der Waals surface area contributed by atoms with Gasteiger partial charge < -0.3 is 4.57 Å². The van der Waals surface area contributed by atoms with Crippen molar-refractivity contribution in [1.29, 1.82) is 0 Å². The smallest absolute Gasteiger partial charge is 0.244 e. The van der Waals surface area contributed by atoms with E-state index in [9.17, 15) is 8.42 Å². The average molecular weight is 255 g/mol. The van der Waals surface area contributed by atoms with E-state index >= 15 is 0 Å². The molecule has 7 nitrogen and oxygen atoms in total. The summed E-state index contributed by atoms with van der Waals surface area (Å²) >= 11 is 0. The fourth-order valence-corrected chi connectivity index (χ4v) is 2.60. The molecule has 0 bridgehead atoms. The second-order valence-electron chi connectivity index (χ2n) is 3.71. The van der Waals surface area contributed by atoms with Gasteiger partial charge in [-0.3, -0.25) is 5.10 Å². The van der Waals surface area contributed by atoms with E-state index < -0.39 is 10.0 Å². The van der Waals surface area contributed by atoms with E-state index in [1.54, 1.807) is 30.1 Å². The standard InChI is InChI=1S/C9H13N5O2S/c1-13-4-3-8(5-13)17(15,16)14(2)6-9-10-7-11-12-9/h3-5,7H,6H2,1-2H3,(H,10,11,12). The third kappa shape index (κ3) is 2.37. The molecule has 92 valence electrons. The zero-order valence-electron chi connectivity index (χ0n) is 9.53. The van der Waals surface area contributed by atoms with Gasteiger partial charge in [0, 0.05) is 26.5 Å². The van der Waals surface area contributed by atoms with Gasteiger partial charge in [-0.25, -0.2) is 13.4 Å². The molecule has 0 aliphatic carbocycles. The number of nitrogens with zero attached hydrogens (tertiary/aromatic N) is 4. The number of hydrogen-bond donors (Lipinski definition) is 1. The zero-order chi connectivity index (χ0) is 12.5. The van der Waals surface area contributed by atoms with Crippen molar-refractivity contribution in [2.75, 3.05) is 7.05 Å². The number of nitrogens with one attached hydrogen (secondary N) is 1. The summed E-state index contributed by atoms with van der Waals surface area (Å²) in [4.78, 5) is 4.16. The molecule has 0 aromatic carbocycles. The van der Waals surface area contributed by atoms with Crippen LogP contribution in [0.3, 0.4) is 0 Å². The van der Waals surface area contributed by atoms with Crippen LogP contribution in [0.15, 0.2) is 29.7 Å². The van der Waals surface area contributed by atoms with E-state index in [2.05, 4.69) is 15.2 Å². The molecule has 0 saturated carbocycles. The molecule has 0 unspecified atom stereocenters. The lowest BCUT2D eigenvalue weighted by Crippen LogP contribution is -2.26. The van der Waals surface area contributed by atoms with E-state index in [-0.39, 0.29) is 11.4 Å². The van der Waals surface area contributed by atoms with Gasteiger partial charge in [0.1, 0.15) is 12.2 Å². The molecule has 0 saturated heterocycles. The summed E-state index contributed by atoms with van der Waals surface area (Å²) in [5.41, 5.74) is 0.